The molecule has 0 saturated carbocycles. The van der Waals surface area contributed by atoms with E-state index in [2.05, 4.69) is 15.6 Å². The number of rotatable bonds is 2. The van der Waals surface area contributed by atoms with E-state index in [-0.39, 0.29) is 18.5 Å². The highest BCUT2D eigenvalue weighted by molar-refractivity contribution is 7.09. The Morgan fingerprint density at radius 3 is 2.83 bits per heavy atom. The zero-order valence-electron chi connectivity index (χ0n) is 9.81. The topological polar surface area (TPSA) is 74.3 Å². The third kappa shape index (κ3) is 1.79. The molecular weight excluding hydrogens is 252 g/mol. The van der Waals surface area contributed by atoms with Gasteiger partial charge in [0.05, 0.1) is 6.54 Å². The van der Waals surface area contributed by atoms with Gasteiger partial charge in [-0.2, -0.15) is 0 Å². The number of imide groups is 1. The molecular formula is C11H14N4O2S. The Bertz CT molecular complexity index is 467. The predicted octanol–water partition coefficient (Wildman–Crippen LogP) is 0.317. The summed E-state index contributed by atoms with van der Waals surface area (Å²) in [5, 5.41) is 8.68. The molecule has 3 amide bonds. The molecule has 2 aliphatic heterocycles. The van der Waals surface area contributed by atoms with Crippen molar-refractivity contribution in [3.63, 3.8) is 0 Å². The van der Waals surface area contributed by atoms with Gasteiger partial charge in [-0.15, -0.1) is 11.3 Å². The minimum atomic E-state index is -0.681. The molecule has 2 saturated heterocycles. The summed E-state index contributed by atoms with van der Waals surface area (Å²) in [6, 6.07) is -0.294. The summed E-state index contributed by atoms with van der Waals surface area (Å²) in [7, 11) is 0. The number of piperidine rings is 1. The highest BCUT2D eigenvalue weighted by Crippen LogP contribution is 2.28. The minimum absolute atomic E-state index is 0.107. The van der Waals surface area contributed by atoms with Crippen LogP contribution in [-0.2, 0) is 11.3 Å². The summed E-state index contributed by atoms with van der Waals surface area (Å²) in [4.78, 5) is 29.7. The molecule has 0 aliphatic carbocycles. The number of nitrogens with zero attached hydrogens (tertiary/aromatic N) is 2. The molecule has 0 bridgehead atoms. The fourth-order valence-corrected chi connectivity index (χ4v) is 3.08. The zero-order valence-corrected chi connectivity index (χ0v) is 10.6. The van der Waals surface area contributed by atoms with E-state index < -0.39 is 5.54 Å². The van der Waals surface area contributed by atoms with Gasteiger partial charge in [-0.25, -0.2) is 9.78 Å². The average molecular weight is 266 g/mol. The van der Waals surface area contributed by atoms with Crippen molar-refractivity contribution in [3.8, 4) is 0 Å². The third-order valence-electron chi connectivity index (χ3n) is 3.48. The van der Waals surface area contributed by atoms with Crippen molar-refractivity contribution in [1.82, 2.24) is 20.5 Å². The molecule has 96 valence electrons. The molecule has 0 unspecified atom stereocenters. The molecule has 1 aromatic heterocycles. The highest BCUT2D eigenvalue weighted by atomic mass is 32.1. The van der Waals surface area contributed by atoms with Crippen LogP contribution in [-0.4, -0.2) is 40.5 Å². The number of urea groups is 1. The van der Waals surface area contributed by atoms with Crippen LogP contribution in [0.1, 0.15) is 17.8 Å². The van der Waals surface area contributed by atoms with Gasteiger partial charge in [0.15, 0.2) is 0 Å². The monoisotopic (exact) mass is 266 g/mol. The van der Waals surface area contributed by atoms with E-state index in [1.165, 1.54) is 16.2 Å². The summed E-state index contributed by atoms with van der Waals surface area (Å²) in [5.41, 5.74) is -0.681. The SMILES string of the molecule is O=C1NC2(CCNCC2)C(=O)N1Cc1nccs1. The van der Waals surface area contributed by atoms with E-state index in [4.69, 9.17) is 0 Å². The Labute approximate surface area is 108 Å². The van der Waals surface area contributed by atoms with Crippen LogP contribution in [0, 0.1) is 0 Å². The third-order valence-corrected chi connectivity index (χ3v) is 4.24. The van der Waals surface area contributed by atoms with Crippen molar-refractivity contribution in [3.05, 3.63) is 16.6 Å². The maximum absolute atomic E-state index is 12.4. The molecule has 0 aromatic carbocycles. The predicted molar refractivity (Wildman–Crippen MR) is 66.0 cm³/mol. The fourth-order valence-electron chi connectivity index (χ4n) is 2.48. The lowest BCUT2D eigenvalue weighted by molar-refractivity contribution is -0.132. The lowest BCUT2D eigenvalue weighted by Crippen LogP contribution is -2.53. The van der Waals surface area contributed by atoms with Crippen molar-refractivity contribution in [2.75, 3.05) is 13.1 Å². The van der Waals surface area contributed by atoms with Crippen LogP contribution in [0.25, 0.3) is 0 Å². The van der Waals surface area contributed by atoms with Crippen LogP contribution in [0.15, 0.2) is 11.6 Å². The standard InChI is InChI=1S/C11H14N4O2S/c16-9-11(1-3-12-4-2-11)14-10(17)15(9)7-8-13-5-6-18-8/h5-6,12H,1-4,7H2,(H,14,17). The van der Waals surface area contributed by atoms with Crippen molar-refractivity contribution in [2.45, 2.75) is 24.9 Å². The summed E-state index contributed by atoms with van der Waals surface area (Å²) in [6.45, 7) is 1.80. The number of hydrogen-bond acceptors (Lipinski definition) is 5. The molecule has 1 spiro atoms. The lowest BCUT2D eigenvalue weighted by Gasteiger charge is -2.30. The number of aromatic nitrogens is 1. The number of carbonyl (C=O) groups excluding carboxylic acids is 2. The van der Waals surface area contributed by atoms with Gasteiger partial charge in [0.1, 0.15) is 10.5 Å². The Morgan fingerprint density at radius 2 is 2.17 bits per heavy atom. The van der Waals surface area contributed by atoms with Crippen LogP contribution in [0.2, 0.25) is 0 Å². The van der Waals surface area contributed by atoms with Crippen LogP contribution < -0.4 is 10.6 Å². The van der Waals surface area contributed by atoms with E-state index in [1.54, 1.807) is 6.20 Å². The number of nitrogens with one attached hydrogen (secondary N) is 2. The van der Waals surface area contributed by atoms with Gasteiger partial charge in [-0.1, -0.05) is 0 Å². The molecule has 0 atom stereocenters. The number of hydrogen-bond donors (Lipinski definition) is 2. The van der Waals surface area contributed by atoms with E-state index in [9.17, 15) is 9.59 Å². The Kier molecular flexibility index (Phi) is 2.79. The van der Waals surface area contributed by atoms with E-state index in [1.807, 2.05) is 5.38 Å². The zero-order chi connectivity index (χ0) is 12.6. The summed E-state index contributed by atoms with van der Waals surface area (Å²) in [6.07, 6.45) is 3.00. The number of carbonyl (C=O) groups is 2. The van der Waals surface area contributed by atoms with Gasteiger partial charge in [0.2, 0.25) is 0 Å². The molecule has 1 aromatic rings. The van der Waals surface area contributed by atoms with Crippen LogP contribution in [0.3, 0.4) is 0 Å². The smallest absolute Gasteiger partial charge is 0.323 e. The van der Waals surface area contributed by atoms with Crippen molar-refractivity contribution >= 4 is 23.3 Å². The quantitative estimate of drug-likeness (QED) is 0.756. The maximum Gasteiger partial charge on any atom is 0.325 e. The molecule has 0 radical (unpaired) electrons. The largest absolute Gasteiger partial charge is 0.325 e. The first kappa shape index (κ1) is 11.6. The van der Waals surface area contributed by atoms with Gasteiger partial charge in [0, 0.05) is 11.6 Å². The first-order valence-corrected chi connectivity index (χ1v) is 6.82. The minimum Gasteiger partial charge on any atom is -0.323 e. The average Bonchev–Trinajstić information content (AvgIpc) is 2.95. The van der Waals surface area contributed by atoms with E-state index in [0.29, 0.717) is 12.8 Å². The summed E-state index contributed by atoms with van der Waals surface area (Å²) < 4.78 is 0. The Morgan fingerprint density at radius 1 is 1.39 bits per heavy atom. The van der Waals surface area contributed by atoms with Crippen molar-refractivity contribution in [2.24, 2.45) is 0 Å². The van der Waals surface area contributed by atoms with Crippen molar-refractivity contribution < 1.29 is 9.59 Å². The molecule has 7 heteroatoms. The van der Waals surface area contributed by atoms with Crippen LogP contribution in [0.5, 0.6) is 0 Å². The Balaban J connectivity index is 1.80. The molecule has 2 N–H and O–H groups in total. The first-order chi connectivity index (χ1) is 8.71. The molecule has 3 rings (SSSR count). The molecule has 6 nitrogen and oxygen atoms in total. The molecule has 2 aliphatic rings. The number of amides is 3. The fraction of sp³-hybridized carbons (Fsp3) is 0.545. The molecule has 3 heterocycles. The molecule has 2 fully saturated rings. The number of thiazole rings is 1. The summed E-state index contributed by atoms with van der Waals surface area (Å²) >= 11 is 1.45. The van der Waals surface area contributed by atoms with E-state index >= 15 is 0 Å². The van der Waals surface area contributed by atoms with Gasteiger partial charge >= 0.3 is 6.03 Å². The molecule has 18 heavy (non-hydrogen) atoms. The normalized spacial score (nSPS) is 22.6. The van der Waals surface area contributed by atoms with E-state index in [0.717, 1.165) is 18.1 Å². The highest BCUT2D eigenvalue weighted by Gasteiger charge is 2.51. The van der Waals surface area contributed by atoms with Gasteiger partial charge in [0.25, 0.3) is 5.91 Å². The lowest BCUT2D eigenvalue weighted by atomic mass is 9.88. The second kappa shape index (κ2) is 4.33. The Hall–Kier alpha value is -1.47. The van der Waals surface area contributed by atoms with Gasteiger partial charge in [-0.3, -0.25) is 9.69 Å². The second-order valence-electron chi connectivity index (χ2n) is 4.58. The van der Waals surface area contributed by atoms with Gasteiger partial charge < -0.3 is 10.6 Å². The first-order valence-electron chi connectivity index (χ1n) is 5.94. The summed E-state index contributed by atoms with van der Waals surface area (Å²) in [5.74, 6) is -0.107. The van der Waals surface area contributed by atoms with Gasteiger partial charge in [-0.05, 0) is 25.9 Å². The second-order valence-corrected chi connectivity index (χ2v) is 5.56. The van der Waals surface area contributed by atoms with Crippen LogP contribution >= 0.6 is 11.3 Å². The van der Waals surface area contributed by atoms with Crippen molar-refractivity contribution in [1.29, 1.82) is 0 Å². The van der Waals surface area contributed by atoms with Crippen LogP contribution in [0.4, 0.5) is 4.79 Å². The maximum atomic E-state index is 12.4.